The minimum atomic E-state index is -0.539. The Labute approximate surface area is 108 Å². The van der Waals surface area contributed by atoms with Crippen molar-refractivity contribution in [3.05, 3.63) is 42.5 Å². The van der Waals surface area contributed by atoms with E-state index in [9.17, 15) is 4.79 Å². The van der Waals surface area contributed by atoms with Gasteiger partial charge in [0.1, 0.15) is 5.75 Å². The number of nitrogens with one attached hydrogen (secondary N) is 1. The normalized spacial score (nSPS) is 13.5. The standard InChI is InChI=1S/C14H20N2O2/c1-4-5-13(15)14(17)16-10(2)11-6-8-12(18-3)9-7-11/h4,6-10,13H,1,5,15H2,2-3H3,(H,16,17)/t10-,13?/m0/s1. The summed E-state index contributed by atoms with van der Waals surface area (Å²) in [5.41, 5.74) is 6.71. The fourth-order valence-electron chi connectivity index (χ4n) is 1.58. The smallest absolute Gasteiger partial charge is 0.237 e. The number of rotatable bonds is 6. The predicted octanol–water partition coefficient (Wildman–Crippen LogP) is 1.78. The van der Waals surface area contributed by atoms with Crippen LogP contribution in [-0.2, 0) is 4.79 Å². The molecule has 0 aromatic heterocycles. The van der Waals surface area contributed by atoms with Crippen molar-refractivity contribution in [3.63, 3.8) is 0 Å². The third kappa shape index (κ3) is 3.89. The first-order valence-electron chi connectivity index (χ1n) is 5.89. The topological polar surface area (TPSA) is 64.4 Å². The van der Waals surface area contributed by atoms with Crippen LogP contribution in [0.4, 0.5) is 0 Å². The second-order valence-corrected chi connectivity index (χ2v) is 4.13. The van der Waals surface area contributed by atoms with Gasteiger partial charge in [0.05, 0.1) is 19.2 Å². The van der Waals surface area contributed by atoms with E-state index in [0.717, 1.165) is 11.3 Å². The first kappa shape index (κ1) is 14.3. The van der Waals surface area contributed by atoms with E-state index in [-0.39, 0.29) is 11.9 Å². The minimum Gasteiger partial charge on any atom is -0.497 e. The number of hydrogen-bond acceptors (Lipinski definition) is 3. The summed E-state index contributed by atoms with van der Waals surface area (Å²) in [6.45, 7) is 5.48. The van der Waals surface area contributed by atoms with E-state index in [2.05, 4.69) is 11.9 Å². The van der Waals surface area contributed by atoms with Crippen molar-refractivity contribution in [2.75, 3.05) is 7.11 Å². The second-order valence-electron chi connectivity index (χ2n) is 4.13. The molecule has 1 aromatic carbocycles. The summed E-state index contributed by atoms with van der Waals surface area (Å²) in [5, 5.41) is 2.87. The lowest BCUT2D eigenvalue weighted by atomic mass is 10.1. The molecule has 0 aliphatic heterocycles. The average Bonchev–Trinajstić information content (AvgIpc) is 2.39. The number of amides is 1. The Kier molecular flexibility index (Phi) is 5.39. The lowest BCUT2D eigenvalue weighted by Gasteiger charge is -2.17. The summed E-state index contributed by atoms with van der Waals surface area (Å²) >= 11 is 0. The molecule has 98 valence electrons. The van der Waals surface area contributed by atoms with Crippen molar-refractivity contribution in [2.24, 2.45) is 5.73 Å². The highest BCUT2D eigenvalue weighted by Crippen LogP contribution is 2.17. The van der Waals surface area contributed by atoms with E-state index in [1.54, 1.807) is 13.2 Å². The predicted molar refractivity (Wildman–Crippen MR) is 72.3 cm³/mol. The maximum Gasteiger partial charge on any atom is 0.237 e. The van der Waals surface area contributed by atoms with Gasteiger partial charge in [0, 0.05) is 0 Å². The van der Waals surface area contributed by atoms with Crippen LogP contribution in [0.1, 0.15) is 24.9 Å². The Balaban J connectivity index is 2.61. The van der Waals surface area contributed by atoms with Crippen LogP contribution in [0.3, 0.4) is 0 Å². The molecular formula is C14H20N2O2. The number of nitrogens with two attached hydrogens (primary N) is 1. The summed E-state index contributed by atoms with van der Waals surface area (Å²) in [5.74, 6) is 0.624. The fraction of sp³-hybridized carbons (Fsp3) is 0.357. The van der Waals surface area contributed by atoms with Gasteiger partial charge < -0.3 is 15.8 Å². The Morgan fingerprint density at radius 1 is 1.50 bits per heavy atom. The molecular weight excluding hydrogens is 228 g/mol. The summed E-state index contributed by atoms with van der Waals surface area (Å²) in [6, 6.07) is 6.94. The van der Waals surface area contributed by atoms with Crippen LogP contribution < -0.4 is 15.8 Å². The van der Waals surface area contributed by atoms with Gasteiger partial charge in [-0.1, -0.05) is 18.2 Å². The number of ether oxygens (including phenoxy) is 1. The molecule has 1 unspecified atom stereocenters. The average molecular weight is 248 g/mol. The molecule has 0 aliphatic carbocycles. The molecule has 1 aromatic rings. The third-order valence-electron chi connectivity index (χ3n) is 2.73. The van der Waals surface area contributed by atoms with E-state index < -0.39 is 6.04 Å². The quantitative estimate of drug-likeness (QED) is 0.754. The van der Waals surface area contributed by atoms with Crippen molar-refractivity contribution in [2.45, 2.75) is 25.4 Å². The zero-order valence-electron chi connectivity index (χ0n) is 10.8. The molecule has 0 spiro atoms. The molecule has 0 heterocycles. The maximum atomic E-state index is 11.7. The molecule has 4 nitrogen and oxygen atoms in total. The van der Waals surface area contributed by atoms with Crippen molar-refractivity contribution >= 4 is 5.91 Å². The van der Waals surface area contributed by atoms with E-state index in [0.29, 0.717) is 6.42 Å². The van der Waals surface area contributed by atoms with Crippen LogP contribution >= 0.6 is 0 Å². The fourth-order valence-corrected chi connectivity index (χ4v) is 1.58. The number of methoxy groups -OCH3 is 1. The van der Waals surface area contributed by atoms with Crippen molar-refractivity contribution in [1.82, 2.24) is 5.32 Å². The van der Waals surface area contributed by atoms with Crippen LogP contribution in [0.25, 0.3) is 0 Å². The Morgan fingerprint density at radius 3 is 2.61 bits per heavy atom. The molecule has 1 rings (SSSR count). The van der Waals surface area contributed by atoms with E-state index in [1.165, 1.54) is 0 Å². The number of hydrogen-bond donors (Lipinski definition) is 2. The third-order valence-corrected chi connectivity index (χ3v) is 2.73. The minimum absolute atomic E-state index is 0.0840. The van der Waals surface area contributed by atoms with Crippen molar-refractivity contribution in [3.8, 4) is 5.75 Å². The van der Waals surface area contributed by atoms with Gasteiger partial charge in [0.15, 0.2) is 0 Å². The van der Waals surface area contributed by atoms with Gasteiger partial charge in [-0.05, 0) is 31.0 Å². The molecule has 0 fully saturated rings. The van der Waals surface area contributed by atoms with E-state index in [4.69, 9.17) is 10.5 Å². The number of carbonyl (C=O) groups is 1. The molecule has 0 aliphatic rings. The first-order valence-corrected chi connectivity index (χ1v) is 5.89. The summed E-state index contributed by atoms with van der Waals surface area (Å²) in [6.07, 6.45) is 2.11. The van der Waals surface area contributed by atoms with Crippen LogP contribution in [0.2, 0.25) is 0 Å². The first-order chi connectivity index (χ1) is 8.58. The van der Waals surface area contributed by atoms with Gasteiger partial charge >= 0.3 is 0 Å². The van der Waals surface area contributed by atoms with Crippen molar-refractivity contribution in [1.29, 1.82) is 0 Å². The summed E-state index contributed by atoms with van der Waals surface area (Å²) < 4.78 is 5.08. The van der Waals surface area contributed by atoms with Crippen molar-refractivity contribution < 1.29 is 9.53 Å². The van der Waals surface area contributed by atoms with Crippen LogP contribution in [-0.4, -0.2) is 19.1 Å². The molecule has 0 radical (unpaired) electrons. The zero-order valence-corrected chi connectivity index (χ0v) is 10.8. The number of carbonyl (C=O) groups excluding carboxylic acids is 1. The van der Waals surface area contributed by atoms with Gasteiger partial charge in [-0.2, -0.15) is 0 Å². The van der Waals surface area contributed by atoms with Gasteiger partial charge in [-0.15, -0.1) is 6.58 Å². The molecule has 0 saturated carbocycles. The molecule has 3 N–H and O–H groups in total. The Hall–Kier alpha value is -1.81. The van der Waals surface area contributed by atoms with Gasteiger partial charge in [0.2, 0.25) is 5.91 Å². The van der Waals surface area contributed by atoms with E-state index in [1.807, 2.05) is 31.2 Å². The molecule has 18 heavy (non-hydrogen) atoms. The lowest BCUT2D eigenvalue weighted by molar-refractivity contribution is -0.122. The Bertz CT molecular complexity index is 401. The van der Waals surface area contributed by atoms with Crippen LogP contribution in [0.15, 0.2) is 36.9 Å². The molecule has 0 saturated heterocycles. The molecule has 4 heteroatoms. The number of benzene rings is 1. The largest absolute Gasteiger partial charge is 0.497 e. The molecule has 0 bridgehead atoms. The summed E-state index contributed by atoms with van der Waals surface area (Å²) in [4.78, 5) is 11.7. The summed E-state index contributed by atoms with van der Waals surface area (Å²) in [7, 11) is 1.62. The molecule has 1 amide bonds. The SMILES string of the molecule is C=CCC(N)C(=O)N[C@@H](C)c1ccc(OC)cc1. The Morgan fingerprint density at radius 2 is 2.11 bits per heavy atom. The highest BCUT2D eigenvalue weighted by molar-refractivity contribution is 5.82. The molecule has 2 atom stereocenters. The monoisotopic (exact) mass is 248 g/mol. The van der Waals surface area contributed by atoms with Gasteiger partial charge in [-0.25, -0.2) is 0 Å². The maximum absolute atomic E-state index is 11.7. The van der Waals surface area contributed by atoms with Crippen LogP contribution in [0.5, 0.6) is 5.75 Å². The zero-order chi connectivity index (χ0) is 13.5. The van der Waals surface area contributed by atoms with Gasteiger partial charge in [-0.3, -0.25) is 4.79 Å². The highest BCUT2D eigenvalue weighted by atomic mass is 16.5. The van der Waals surface area contributed by atoms with Gasteiger partial charge in [0.25, 0.3) is 0 Å². The lowest BCUT2D eigenvalue weighted by Crippen LogP contribution is -2.41. The van der Waals surface area contributed by atoms with E-state index >= 15 is 0 Å². The second kappa shape index (κ2) is 6.81. The highest BCUT2D eigenvalue weighted by Gasteiger charge is 2.15. The van der Waals surface area contributed by atoms with Crippen LogP contribution in [0, 0.1) is 0 Å².